The fourth-order valence-electron chi connectivity index (χ4n) is 4.93. The highest BCUT2D eigenvalue weighted by molar-refractivity contribution is 6.31. The van der Waals surface area contributed by atoms with E-state index in [2.05, 4.69) is 16.7 Å². The van der Waals surface area contributed by atoms with E-state index in [0.717, 1.165) is 28.0 Å². The van der Waals surface area contributed by atoms with Gasteiger partial charge in [0.15, 0.2) is 0 Å². The number of aliphatic hydroxyl groups excluding tert-OH is 3. The van der Waals surface area contributed by atoms with Gasteiger partial charge in [-0.25, -0.2) is 0 Å². The monoisotopic (exact) mass is 469 g/mol. The highest BCUT2D eigenvalue weighted by atomic mass is 35.5. The smallest absolute Gasteiger partial charge is 0.129 e. The molecule has 0 spiro atoms. The second-order valence-electron chi connectivity index (χ2n) is 9.07. The van der Waals surface area contributed by atoms with Gasteiger partial charge in [0.1, 0.15) is 24.6 Å². The van der Waals surface area contributed by atoms with E-state index in [1.54, 1.807) is 6.92 Å². The molecule has 0 bridgehead atoms. The van der Waals surface area contributed by atoms with E-state index in [1.807, 2.05) is 43.6 Å². The fourth-order valence-corrected chi connectivity index (χ4v) is 5.12. The average molecular weight is 470 g/mol. The highest BCUT2D eigenvalue weighted by Crippen LogP contribution is 2.40. The van der Waals surface area contributed by atoms with Crippen molar-refractivity contribution in [2.45, 2.75) is 44.4 Å². The van der Waals surface area contributed by atoms with Gasteiger partial charge in [0.25, 0.3) is 0 Å². The topological polar surface area (TPSA) is 84.1 Å². The Kier molecular flexibility index (Phi) is 5.97. The van der Waals surface area contributed by atoms with E-state index < -0.39 is 30.3 Å². The van der Waals surface area contributed by atoms with Gasteiger partial charge >= 0.3 is 0 Å². The van der Waals surface area contributed by atoms with Crippen LogP contribution in [0.5, 0.6) is 5.75 Å². The van der Waals surface area contributed by atoms with Crippen LogP contribution >= 0.6 is 11.6 Å². The summed E-state index contributed by atoms with van der Waals surface area (Å²) in [5.41, 5.74) is 6.17. The van der Waals surface area contributed by atoms with Crippen LogP contribution in [0, 0.1) is 5.92 Å². The van der Waals surface area contributed by atoms with Crippen LogP contribution in [-0.2, 0) is 24.8 Å². The Bertz CT molecular complexity index is 1170. The molecular weight excluding hydrogens is 442 g/mol. The van der Waals surface area contributed by atoms with Crippen molar-refractivity contribution in [3.8, 4) is 17.0 Å². The summed E-state index contributed by atoms with van der Waals surface area (Å²) in [5, 5.41) is 31.2. The predicted molar refractivity (Wildman–Crippen MR) is 125 cm³/mol. The summed E-state index contributed by atoms with van der Waals surface area (Å²) in [6.07, 6.45) is -0.568. The zero-order valence-electron chi connectivity index (χ0n) is 18.6. The molecule has 5 rings (SSSR count). The van der Waals surface area contributed by atoms with Crippen LogP contribution in [-0.4, -0.2) is 44.8 Å². The van der Waals surface area contributed by atoms with Crippen LogP contribution < -0.4 is 4.74 Å². The lowest BCUT2D eigenvalue weighted by atomic mass is 9.84. The standard InChI is InChI=1S/C26H28ClNO5/c1-14-24(30)22(12-29)33-26(25(14)31)16-4-5-20(27)18(11-16)9-15-3-6-21-19(10-15)23-17(13-32-21)7-8-28(23)2/h3-8,10-11,14,22,24-26,29-31H,9,12-13H2,1-2H3/t14-,22+,24-,25+,26-/m0/s1. The number of benzene rings is 2. The average Bonchev–Trinajstić information content (AvgIpc) is 3.20. The normalized spacial score (nSPS) is 26.4. The third-order valence-electron chi connectivity index (χ3n) is 6.90. The fraction of sp³-hybridized carbons (Fsp3) is 0.385. The van der Waals surface area contributed by atoms with E-state index in [-0.39, 0.29) is 6.61 Å². The molecule has 1 aromatic heterocycles. The number of ether oxygens (including phenoxy) is 2. The van der Waals surface area contributed by atoms with Gasteiger partial charge in [0.05, 0.1) is 24.5 Å². The number of hydrogen-bond donors (Lipinski definition) is 3. The number of aryl methyl sites for hydroxylation is 1. The molecule has 3 N–H and O–H groups in total. The van der Waals surface area contributed by atoms with Crippen molar-refractivity contribution in [1.82, 2.24) is 4.57 Å². The number of aromatic nitrogens is 1. The second kappa shape index (κ2) is 8.78. The number of fused-ring (bicyclic) bond motifs is 3. The molecule has 1 fully saturated rings. The molecule has 33 heavy (non-hydrogen) atoms. The summed E-state index contributed by atoms with van der Waals surface area (Å²) in [5.74, 6) is 0.439. The number of halogens is 1. The Morgan fingerprint density at radius 1 is 1.09 bits per heavy atom. The van der Waals surface area contributed by atoms with Crippen LogP contribution in [0.1, 0.15) is 35.3 Å². The molecule has 2 aliphatic heterocycles. The van der Waals surface area contributed by atoms with Crippen molar-refractivity contribution in [3.05, 3.63) is 75.9 Å². The van der Waals surface area contributed by atoms with Crippen molar-refractivity contribution in [1.29, 1.82) is 0 Å². The molecule has 0 aliphatic carbocycles. The molecule has 0 saturated carbocycles. The molecule has 2 aromatic carbocycles. The first kappa shape index (κ1) is 22.4. The van der Waals surface area contributed by atoms with Gasteiger partial charge in [-0.3, -0.25) is 0 Å². The maximum absolute atomic E-state index is 10.7. The Labute approximate surface area is 198 Å². The Morgan fingerprint density at radius 2 is 1.91 bits per heavy atom. The molecule has 6 nitrogen and oxygen atoms in total. The number of hydrogen-bond acceptors (Lipinski definition) is 5. The molecule has 3 aromatic rings. The van der Waals surface area contributed by atoms with E-state index in [9.17, 15) is 15.3 Å². The van der Waals surface area contributed by atoms with Gasteiger partial charge < -0.3 is 29.4 Å². The molecular formula is C26H28ClNO5. The number of rotatable bonds is 4. The van der Waals surface area contributed by atoms with Crippen molar-refractivity contribution in [2.24, 2.45) is 13.0 Å². The summed E-state index contributed by atoms with van der Waals surface area (Å²) in [4.78, 5) is 0. The molecule has 2 aliphatic rings. The lowest BCUT2D eigenvalue weighted by molar-refractivity contribution is -0.207. The quantitative estimate of drug-likeness (QED) is 0.543. The van der Waals surface area contributed by atoms with Gasteiger partial charge in [-0.1, -0.05) is 36.7 Å². The maximum Gasteiger partial charge on any atom is 0.129 e. The molecule has 0 radical (unpaired) electrons. The van der Waals surface area contributed by atoms with Crippen molar-refractivity contribution in [2.75, 3.05) is 6.61 Å². The van der Waals surface area contributed by atoms with E-state index in [0.29, 0.717) is 18.1 Å². The summed E-state index contributed by atoms with van der Waals surface area (Å²) < 4.78 is 13.9. The van der Waals surface area contributed by atoms with Crippen molar-refractivity contribution >= 4 is 11.6 Å². The van der Waals surface area contributed by atoms with Crippen LogP contribution in [0.3, 0.4) is 0 Å². The summed E-state index contributed by atoms with van der Waals surface area (Å²) in [6, 6.07) is 13.8. The zero-order valence-corrected chi connectivity index (χ0v) is 19.4. The first-order chi connectivity index (χ1) is 15.9. The van der Waals surface area contributed by atoms with Gasteiger partial charge in [-0.2, -0.15) is 0 Å². The first-order valence-electron chi connectivity index (χ1n) is 11.2. The zero-order chi connectivity index (χ0) is 23.3. The first-order valence-corrected chi connectivity index (χ1v) is 11.6. The Balaban J connectivity index is 1.45. The minimum absolute atomic E-state index is 0.312. The minimum atomic E-state index is -0.923. The molecule has 7 heteroatoms. The van der Waals surface area contributed by atoms with Gasteiger partial charge in [0.2, 0.25) is 0 Å². The number of aliphatic hydroxyl groups is 3. The third-order valence-corrected chi connectivity index (χ3v) is 7.27. The summed E-state index contributed by atoms with van der Waals surface area (Å²) in [7, 11) is 2.04. The van der Waals surface area contributed by atoms with E-state index >= 15 is 0 Å². The highest BCUT2D eigenvalue weighted by Gasteiger charge is 2.42. The molecule has 3 heterocycles. The predicted octanol–water partition coefficient (Wildman–Crippen LogP) is 3.62. The Hall–Kier alpha value is -2.35. The summed E-state index contributed by atoms with van der Waals surface area (Å²) in [6.45, 7) is 2.02. The van der Waals surface area contributed by atoms with E-state index in [4.69, 9.17) is 21.1 Å². The van der Waals surface area contributed by atoms with Crippen LogP contribution in [0.25, 0.3) is 11.3 Å². The molecule has 0 amide bonds. The largest absolute Gasteiger partial charge is 0.488 e. The molecule has 1 saturated heterocycles. The van der Waals surface area contributed by atoms with Crippen LogP contribution in [0.15, 0.2) is 48.7 Å². The maximum atomic E-state index is 10.7. The molecule has 174 valence electrons. The third kappa shape index (κ3) is 3.96. The molecule has 0 unspecified atom stereocenters. The van der Waals surface area contributed by atoms with Crippen LogP contribution in [0.2, 0.25) is 5.02 Å². The molecule has 5 atom stereocenters. The van der Waals surface area contributed by atoms with Crippen LogP contribution in [0.4, 0.5) is 0 Å². The van der Waals surface area contributed by atoms with Crippen molar-refractivity contribution in [3.63, 3.8) is 0 Å². The lowest BCUT2D eigenvalue weighted by Crippen LogP contribution is -2.50. The SMILES string of the molecule is C[C@@H]1[C@@H](O)[C@H](c2ccc(Cl)c(Cc3ccc4c(c3)-c3c(ccn3C)CO4)c2)O[C@H](CO)[C@H]1O. The van der Waals surface area contributed by atoms with E-state index in [1.165, 1.54) is 11.3 Å². The summed E-state index contributed by atoms with van der Waals surface area (Å²) >= 11 is 6.55. The minimum Gasteiger partial charge on any atom is -0.488 e. The van der Waals surface area contributed by atoms with Gasteiger partial charge in [-0.15, -0.1) is 0 Å². The number of nitrogens with zero attached hydrogens (tertiary/aromatic N) is 1. The Morgan fingerprint density at radius 3 is 2.70 bits per heavy atom. The lowest BCUT2D eigenvalue weighted by Gasteiger charge is -2.41. The second-order valence-corrected chi connectivity index (χ2v) is 9.47. The van der Waals surface area contributed by atoms with Gasteiger partial charge in [0, 0.05) is 35.3 Å². The van der Waals surface area contributed by atoms with Gasteiger partial charge in [-0.05, 0) is 47.4 Å². The van der Waals surface area contributed by atoms with Crippen molar-refractivity contribution < 1.29 is 24.8 Å².